The summed E-state index contributed by atoms with van der Waals surface area (Å²) in [4.78, 5) is 46.1. The molecule has 236 valence electrons. The molecule has 16 heteroatoms. The van der Waals surface area contributed by atoms with E-state index in [0.717, 1.165) is 23.5 Å². The highest BCUT2D eigenvalue weighted by atomic mass is 19.4. The monoisotopic (exact) mass is 623 g/mol. The number of anilines is 3. The lowest BCUT2D eigenvalue weighted by Crippen LogP contribution is -2.43. The first-order valence-electron chi connectivity index (χ1n) is 13.2. The zero-order valence-corrected chi connectivity index (χ0v) is 23.9. The van der Waals surface area contributed by atoms with Crippen molar-refractivity contribution in [2.24, 2.45) is 0 Å². The summed E-state index contributed by atoms with van der Waals surface area (Å²) in [6.07, 6.45) is -4.26. The molecular formula is C28H30F5N7O4. The molecule has 0 bridgehead atoms. The van der Waals surface area contributed by atoms with Gasteiger partial charge in [-0.2, -0.15) is 18.2 Å². The van der Waals surface area contributed by atoms with Gasteiger partial charge in [-0.1, -0.05) is 25.1 Å². The highest BCUT2D eigenvalue weighted by molar-refractivity contribution is 6.02. The number of rotatable bonds is 9. The number of carbonyl (C=O) groups is 3. The summed E-state index contributed by atoms with van der Waals surface area (Å²) in [7, 11) is 3.85. The first-order valence-corrected chi connectivity index (χ1v) is 13.2. The number of benzene rings is 2. The molecule has 0 saturated heterocycles. The molecule has 0 fully saturated rings. The number of halogens is 5. The molecule has 2 heterocycles. The van der Waals surface area contributed by atoms with Gasteiger partial charge in [0, 0.05) is 36.3 Å². The van der Waals surface area contributed by atoms with Crippen LogP contribution in [-0.2, 0) is 11.3 Å². The number of likely N-dealkylation sites (N-methyl/N-ethyl adjacent to an activating group) is 1. The van der Waals surface area contributed by atoms with Crippen LogP contribution in [0.4, 0.5) is 44.2 Å². The molecule has 0 aliphatic carbocycles. The Morgan fingerprint density at radius 2 is 1.66 bits per heavy atom. The molecule has 4 N–H and O–H groups in total. The van der Waals surface area contributed by atoms with Crippen LogP contribution < -0.4 is 20.9 Å². The van der Waals surface area contributed by atoms with E-state index in [9.17, 15) is 31.5 Å². The lowest BCUT2D eigenvalue weighted by atomic mass is 10.0. The summed E-state index contributed by atoms with van der Waals surface area (Å²) in [6.45, 7) is 3.80. The predicted molar refractivity (Wildman–Crippen MR) is 152 cm³/mol. The fraction of sp³-hybridized carbons (Fsp3) is 0.321. The molecule has 4 rings (SSSR count). The van der Waals surface area contributed by atoms with Gasteiger partial charge in [-0.25, -0.2) is 28.3 Å². The van der Waals surface area contributed by atoms with Gasteiger partial charge in [-0.15, -0.1) is 0 Å². The number of alkyl halides is 3. The van der Waals surface area contributed by atoms with Crippen molar-refractivity contribution in [3.63, 3.8) is 0 Å². The molecule has 2 aromatic carbocycles. The predicted octanol–water partition coefficient (Wildman–Crippen LogP) is 4.53. The largest absolute Gasteiger partial charge is 0.490 e. The number of nitrogens with zero attached hydrogens (tertiary/aromatic N) is 4. The van der Waals surface area contributed by atoms with Gasteiger partial charge >= 0.3 is 18.2 Å². The SMILES string of the molecule is CCCNC(=O)c1ccc(-c2nc(NCCN(C)C)nc3c2CNC(=O)N3c2c(F)cccc2F)cc1.O=C(O)C(F)(F)F. The molecule has 1 aliphatic heterocycles. The number of fused-ring (bicyclic) bond motifs is 1. The zero-order chi connectivity index (χ0) is 32.6. The van der Waals surface area contributed by atoms with Crippen LogP contribution in [0.2, 0.25) is 0 Å². The number of nitrogens with one attached hydrogen (secondary N) is 3. The third kappa shape index (κ3) is 8.37. The topological polar surface area (TPSA) is 140 Å². The van der Waals surface area contributed by atoms with E-state index in [1.807, 2.05) is 25.9 Å². The van der Waals surface area contributed by atoms with Crippen molar-refractivity contribution in [2.75, 3.05) is 43.9 Å². The summed E-state index contributed by atoms with van der Waals surface area (Å²) in [5.41, 5.74) is 1.59. The van der Waals surface area contributed by atoms with Gasteiger partial charge in [0.1, 0.15) is 17.3 Å². The van der Waals surface area contributed by atoms with E-state index in [1.165, 1.54) is 6.07 Å². The second-order valence-electron chi connectivity index (χ2n) is 9.63. The summed E-state index contributed by atoms with van der Waals surface area (Å²) in [6, 6.07) is 9.56. The number of urea groups is 1. The lowest BCUT2D eigenvalue weighted by Gasteiger charge is -2.30. The average molecular weight is 624 g/mol. The van der Waals surface area contributed by atoms with E-state index in [0.29, 0.717) is 42.0 Å². The van der Waals surface area contributed by atoms with E-state index in [-0.39, 0.29) is 24.2 Å². The molecule has 44 heavy (non-hydrogen) atoms. The molecule has 1 aliphatic rings. The Bertz CT molecular complexity index is 1480. The molecule has 11 nitrogen and oxygen atoms in total. The average Bonchev–Trinajstić information content (AvgIpc) is 2.96. The molecule has 0 unspecified atom stereocenters. The van der Waals surface area contributed by atoms with Crippen molar-refractivity contribution in [3.8, 4) is 11.3 Å². The standard InChI is InChI=1S/C26H29F2N7O2.C2HF3O2/c1-4-12-29-24(36)17-10-8-16(9-11-17)21-18-15-31-26(37)35(22-19(27)6-5-7-20(22)28)23(18)33-25(32-21)30-13-14-34(2)3;3-2(4,5)1(6)7/h5-11H,4,12-15H2,1-3H3,(H,29,36)(H,31,37)(H,30,32,33);(H,6,7). The second kappa shape index (κ2) is 14.5. The molecule has 1 aromatic heterocycles. The molecule has 0 spiro atoms. The van der Waals surface area contributed by atoms with Crippen LogP contribution in [0.1, 0.15) is 29.3 Å². The Balaban J connectivity index is 0.000000676. The van der Waals surface area contributed by atoms with E-state index < -0.39 is 35.5 Å². The lowest BCUT2D eigenvalue weighted by molar-refractivity contribution is -0.192. The van der Waals surface area contributed by atoms with Gasteiger partial charge in [0.05, 0.1) is 12.2 Å². The minimum atomic E-state index is -5.08. The number of aromatic nitrogens is 2. The van der Waals surface area contributed by atoms with E-state index in [4.69, 9.17) is 9.90 Å². The summed E-state index contributed by atoms with van der Waals surface area (Å²) < 4.78 is 61.3. The van der Waals surface area contributed by atoms with E-state index >= 15 is 0 Å². The Labute approximate surface area is 249 Å². The number of carbonyl (C=O) groups excluding carboxylic acids is 2. The molecule has 0 saturated carbocycles. The van der Waals surface area contributed by atoms with E-state index in [2.05, 4.69) is 25.9 Å². The number of amides is 3. The maximum Gasteiger partial charge on any atom is 0.490 e. The van der Waals surface area contributed by atoms with Crippen molar-refractivity contribution in [2.45, 2.75) is 26.1 Å². The van der Waals surface area contributed by atoms with Gasteiger partial charge in [0.15, 0.2) is 5.82 Å². The van der Waals surface area contributed by atoms with Gasteiger partial charge in [-0.05, 0) is 44.8 Å². The highest BCUT2D eigenvalue weighted by Gasteiger charge is 2.38. The quantitative estimate of drug-likeness (QED) is 0.255. The molecular weight excluding hydrogens is 593 g/mol. The Kier molecular flexibility index (Phi) is 11.1. The van der Waals surface area contributed by atoms with Crippen molar-refractivity contribution in [1.29, 1.82) is 0 Å². The maximum absolute atomic E-state index is 14.8. The minimum absolute atomic E-state index is 0.0623. The number of carboxylic acids is 1. The Hall–Kier alpha value is -4.86. The highest BCUT2D eigenvalue weighted by Crippen LogP contribution is 2.38. The molecule has 0 atom stereocenters. The first kappa shape index (κ1) is 33.6. The van der Waals surface area contributed by atoms with Gasteiger partial charge in [0.25, 0.3) is 5.91 Å². The summed E-state index contributed by atoms with van der Waals surface area (Å²) >= 11 is 0. The molecule has 3 aromatic rings. The number of hydrogen-bond acceptors (Lipinski definition) is 7. The van der Waals surface area contributed by atoms with Crippen molar-refractivity contribution in [1.82, 2.24) is 25.5 Å². The smallest absolute Gasteiger partial charge is 0.475 e. The van der Waals surface area contributed by atoms with Crippen LogP contribution in [0.15, 0.2) is 42.5 Å². The number of hydrogen-bond donors (Lipinski definition) is 4. The first-order chi connectivity index (χ1) is 20.7. The van der Waals surface area contributed by atoms with Gasteiger partial charge in [-0.3, -0.25) is 4.79 Å². The van der Waals surface area contributed by atoms with Crippen LogP contribution >= 0.6 is 0 Å². The molecule has 0 radical (unpaired) electrons. The van der Waals surface area contributed by atoms with Gasteiger partial charge < -0.3 is 26.0 Å². The van der Waals surface area contributed by atoms with Crippen LogP contribution in [0.25, 0.3) is 11.3 Å². The Morgan fingerprint density at radius 3 is 2.20 bits per heavy atom. The van der Waals surface area contributed by atoms with E-state index in [1.54, 1.807) is 24.3 Å². The summed E-state index contributed by atoms with van der Waals surface area (Å²) in [5.74, 6) is -4.45. The third-order valence-electron chi connectivity index (χ3n) is 6.02. The Morgan fingerprint density at radius 1 is 1.05 bits per heavy atom. The van der Waals surface area contributed by atoms with Crippen LogP contribution in [-0.4, -0.2) is 77.8 Å². The van der Waals surface area contributed by atoms with Crippen molar-refractivity contribution in [3.05, 3.63) is 65.2 Å². The summed E-state index contributed by atoms with van der Waals surface area (Å²) in [5, 5.41) is 15.8. The fourth-order valence-corrected chi connectivity index (χ4v) is 3.90. The third-order valence-corrected chi connectivity index (χ3v) is 6.02. The number of aliphatic carboxylic acids is 1. The van der Waals surface area contributed by atoms with Crippen molar-refractivity contribution >= 4 is 35.4 Å². The molecule has 3 amide bonds. The second-order valence-corrected chi connectivity index (χ2v) is 9.63. The van der Waals surface area contributed by atoms with Gasteiger partial charge in [0.2, 0.25) is 5.95 Å². The van der Waals surface area contributed by atoms with Crippen LogP contribution in [0.3, 0.4) is 0 Å². The zero-order valence-electron chi connectivity index (χ0n) is 23.9. The minimum Gasteiger partial charge on any atom is -0.475 e. The van der Waals surface area contributed by atoms with Crippen molar-refractivity contribution < 1.29 is 41.4 Å². The number of para-hydroxylation sites is 1. The normalized spacial score (nSPS) is 12.6. The number of carboxylic acid groups (broad SMARTS) is 1. The van der Waals surface area contributed by atoms with Crippen LogP contribution in [0, 0.1) is 11.6 Å². The maximum atomic E-state index is 14.8. The fourth-order valence-electron chi connectivity index (χ4n) is 3.90. The van der Waals surface area contributed by atoms with Crippen LogP contribution in [0.5, 0.6) is 0 Å².